The molecule has 1 aliphatic rings. The summed E-state index contributed by atoms with van der Waals surface area (Å²) in [6.45, 7) is 0. The fourth-order valence-electron chi connectivity index (χ4n) is 2.85. The number of aromatic nitrogens is 1. The van der Waals surface area contributed by atoms with Crippen LogP contribution in [0.1, 0.15) is 16.8 Å². The van der Waals surface area contributed by atoms with Gasteiger partial charge in [0.1, 0.15) is 0 Å². The lowest BCUT2D eigenvalue weighted by atomic mass is 10.2. The number of hydrogen-bond acceptors (Lipinski definition) is 7. The third-order valence-electron chi connectivity index (χ3n) is 4.17. The molecule has 1 aromatic carbocycles. The van der Waals surface area contributed by atoms with Crippen molar-refractivity contribution in [2.45, 2.75) is 16.6 Å². The standard InChI is InChI=1S/C18H15ClN2O3S4/c19-16-6-5-15(27-16)13-9-25-18(20-13)21-17(22)12-3-1-2-4-14(12)26-11-7-8-28(23,24)10-11/h1-6,9,11H,7-8,10H2,(H,20,21,22). The molecule has 10 heteroatoms. The third kappa shape index (κ3) is 4.60. The molecule has 0 radical (unpaired) electrons. The highest BCUT2D eigenvalue weighted by atomic mass is 35.5. The largest absolute Gasteiger partial charge is 0.298 e. The van der Waals surface area contributed by atoms with Gasteiger partial charge in [0.15, 0.2) is 15.0 Å². The number of benzene rings is 1. The second-order valence-electron chi connectivity index (χ2n) is 6.23. The van der Waals surface area contributed by atoms with Crippen molar-refractivity contribution < 1.29 is 13.2 Å². The summed E-state index contributed by atoms with van der Waals surface area (Å²) >= 11 is 10.2. The van der Waals surface area contributed by atoms with E-state index in [9.17, 15) is 13.2 Å². The van der Waals surface area contributed by atoms with Gasteiger partial charge in [-0.2, -0.15) is 0 Å². The number of carbonyl (C=O) groups is 1. The zero-order chi connectivity index (χ0) is 19.7. The van der Waals surface area contributed by atoms with Crippen LogP contribution in [0.5, 0.6) is 0 Å². The minimum Gasteiger partial charge on any atom is -0.298 e. The molecular formula is C18H15ClN2O3S4. The van der Waals surface area contributed by atoms with E-state index in [0.29, 0.717) is 21.5 Å². The summed E-state index contributed by atoms with van der Waals surface area (Å²) in [5.41, 5.74) is 1.30. The third-order valence-corrected chi connectivity index (χ3v) is 9.50. The zero-order valence-electron chi connectivity index (χ0n) is 14.4. The molecular weight excluding hydrogens is 456 g/mol. The molecule has 0 spiro atoms. The van der Waals surface area contributed by atoms with Gasteiger partial charge in [0.25, 0.3) is 5.91 Å². The van der Waals surface area contributed by atoms with Gasteiger partial charge >= 0.3 is 0 Å². The summed E-state index contributed by atoms with van der Waals surface area (Å²) in [4.78, 5) is 19.0. The Balaban J connectivity index is 1.49. The smallest absolute Gasteiger partial charge is 0.258 e. The molecule has 3 heterocycles. The van der Waals surface area contributed by atoms with E-state index in [-0.39, 0.29) is 22.7 Å². The zero-order valence-corrected chi connectivity index (χ0v) is 18.4. The Hall–Kier alpha value is -1.39. The first-order valence-corrected chi connectivity index (χ1v) is 13.2. The molecule has 0 aliphatic carbocycles. The lowest BCUT2D eigenvalue weighted by Gasteiger charge is -2.11. The number of halogens is 1. The topological polar surface area (TPSA) is 76.1 Å². The molecule has 1 atom stereocenters. The summed E-state index contributed by atoms with van der Waals surface area (Å²) in [6.07, 6.45) is 0.613. The Bertz CT molecular complexity index is 1120. The number of thioether (sulfide) groups is 1. The number of nitrogens with zero attached hydrogens (tertiary/aromatic N) is 1. The Morgan fingerprint density at radius 2 is 2.07 bits per heavy atom. The van der Waals surface area contributed by atoms with E-state index < -0.39 is 9.84 Å². The molecule has 2 aromatic heterocycles. The number of rotatable bonds is 5. The molecule has 1 aliphatic heterocycles. The minimum atomic E-state index is -2.96. The number of amides is 1. The number of nitrogens with one attached hydrogen (secondary N) is 1. The molecule has 0 saturated carbocycles. The van der Waals surface area contributed by atoms with E-state index in [1.165, 1.54) is 34.4 Å². The van der Waals surface area contributed by atoms with Crippen LogP contribution in [-0.2, 0) is 9.84 Å². The summed E-state index contributed by atoms with van der Waals surface area (Å²) in [7, 11) is -2.96. The average Bonchev–Trinajstić information content (AvgIpc) is 3.36. The number of thiazole rings is 1. The summed E-state index contributed by atoms with van der Waals surface area (Å²) in [5.74, 6) is 0.120. The van der Waals surface area contributed by atoms with E-state index in [0.717, 1.165) is 15.5 Å². The number of anilines is 1. The summed E-state index contributed by atoms with van der Waals surface area (Å²) < 4.78 is 24.1. The van der Waals surface area contributed by atoms with E-state index >= 15 is 0 Å². The molecule has 1 N–H and O–H groups in total. The SMILES string of the molecule is O=C(Nc1nc(-c2ccc(Cl)s2)cs1)c1ccccc1SC1CCS(=O)(=O)C1. The van der Waals surface area contributed by atoms with Crippen molar-refractivity contribution in [3.8, 4) is 10.6 Å². The van der Waals surface area contributed by atoms with Gasteiger partial charge in [-0.15, -0.1) is 34.4 Å². The first-order valence-electron chi connectivity index (χ1n) is 8.38. The Kier molecular flexibility index (Phi) is 5.80. The van der Waals surface area contributed by atoms with Crippen molar-refractivity contribution in [1.29, 1.82) is 0 Å². The van der Waals surface area contributed by atoms with E-state index in [4.69, 9.17) is 11.6 Å². The molecule has 3 aromatic rings. The molecule has 4 rings (SSSR count). The van der Waals surface area contributed by atoms with Crippen LogP contribution in [-0.4, -0.2) is 36.1 Å². The lowest BCUT2D eigenvalue weighted by molar-refractivity contribution is 0.102. The van der Waals surface area contributed by atoms with Crippen LogP contribution in [0.25, 0.3) is 10.6 Å². The average molecular weight is 471 g/mol. The fraction of sp³-hybridized carbons (Fsp3) is 0.222. The fourth-order valence-corrected chi connectivity index (χ4v) is 8.26. The maximum absolute atomic E-state index is 12.8. The first-order chi connectivity index (χ1) is 13.4. The van der Waals surface area contributed by atoms with Gasteiger partial charge in [-0.25, -0.2) is 13.4 Å². The highest BCUT2D eigenvalue weighted by molar-refractivity contribution is 8.02. The van der Waals surface area contributed by atoms with Crippen LogP contribution in [0, 0.1) is 0 Å². The van der Waals surface area contributed by atoms with Crippen LogP contribution < -0.4 is 5.32 Å². The van der Waals surface area contributed by atoms with Gasteiger partial charge in [0.2, 0.25) is 0 Å². The minimum absolute atomic E-state index is 0.0195. The Morgan fingerprint density at radius 3 is 2.79 bits per heavy atom. The van der Waals surface area contributed by atoms with Gasteiger partial charge < -0.3 is 0 Å². The molecule has 5 nitrogen and oxygen atoms in total. The first kappa shape index (κ1) is 19.9. The van der Waals surface area contributed by atoms with Crippen LogP contribution in [0.4, 0.5) is 5.13 Å². The molecule has 0 bridgehead atoms. The second-order valence-corrected chi connectivity index (χ2v) is 12.4. The maximum atomic E-state index is 12.8. The predicted octanol–water partition coefficient (Wildman–Crippen LogP) is 5.06. The van der Waals surface area contributed by atoms with Gasteiger partial charge in [-0.3, -0.25) is 10.1 Å². The van der Waals surface area contributed by atoms with E-state index in [1.54, 1.807) is 12.1 Å². The van der Waals surface area contributed by atoms with Crippen LogP contribution in [0.3, 0.4) is 0 Å². The van der Waals surface area contributed by atoms with Crippen LogP contribution in [0.2, 0.25) is 4.34 Å². The number of thiophene rings is 1. The Morgan fingerprint density at radius 1 is 1.25 bits per heavy atom. The van der Waals surface area contributed by atoms with Crippen molar-refractivity contribution in [3.05, 3.63) is 51.7 Å². The lowest BCUT2D eigenvalue weighted by Crippen LogP contribution is -2.14. The number of hydrogen-bond donors (Lipinski definition) is 1. The highest BCUT2D eigenvalue weighted by Gasteiger charge is 2.29. The second kappa shape index (κ2) is 8.16. The number of carbonyl (C=O) groups excluding carboxylic acids is 1. The normalized spacial score (nSPS) is 18.2. The van der Waals surface area contributed by atoms with Crippen molar-refractivity contribution in [3.63, 3.8) is 0 Å². The van der Waals surface area contributed by atoms with Gasteiger partial charge in [0.05, 0.1) is 32.0 Å². The predicted molar refractivity (Wildman–Crippen MR) is 118 cm³/mol. The highest BCUT2D eigenvalue weighted by Crippen LogP contribution is 2.35. The van der Waals surface area contributed by atoms with Crippen molar-refractivity contribution >= 4 is 66.9 Å². The van der Waals surface area contributed by atoms with Crippen molar-refractivity contribution in [2.24, 2.45) is 0 Å². The molecule has 1 unspecified atom stereocenters. The van der Waals surface area contributed by atoms with Crippen LogP contribution >= 0.6 is 46.0 Å². The molecule has 146 valence electrons. The van der Waals surface area contributed by atoms with Gasteiger partial charge in [0, 0.05) is 15.5 Å². The van der Waals surface area contributed by atoms with Gasteiger partial charge in [-0.1, -0.05) is 23.7 Å². The molecule has 28 heavy (non-hydrogen) atoms. The molecule has 1 saturated heterocycles. The monoisotopic (exact) mass is 470 g/mol. The van der Waals surface area contributed by atoms with Gasteiger partial charge in [-0.05, 0) is 30.7 Å². The van der Waals surface area contributed by atoms with E-state index in [2.05, 4.69) is 10.3 Å². The molecule has 1 fully saturated rings. The quantitative estimate of drug-likeness (QED) is 0.564. The summed E-state index contributed by atoms with van der Waals surface area (Å²) in [6, 6.07) is 11.0. The summed E-state index contributed by atoms with van der Waals surface area (Å²) in [5, 5.41) is 5.21. The van der Waals surface area contributed by atoms with Crippen molar-refractivity contribution in [2.75, 3.05) is 16.8 Å². The van der Waals surface area contributed by atoms with E-state index in [1.807, 2.05) is 29.6 Å². The maximum Gasteiger partial charge on any atom is 0.258 e. The van der Waals surface area contributed by atoms with Crippen molar-refractivity contribution in [1.82, 2.24) is 4.98 Å². The number of sulfone groups is 1. The van der Waals surface area contributed by atoms with Crippen LogP contribution in [0.15, 0.2) is 46.7 Å². The molecule has 1 amide bonds. The Labute approximate surface area is 180 Å².